The van der Waals surface area contributed by atoms with Crippen LogP contribution in [0, 0.1) is 0 Å². The number of carboxylic acids is 1. The fourth-order valence-electron chi connectivity index (χ4n) is 1.61. The highest BCUT2D eigenvalue weighted by Crippen LogP contribution is 2.13. The number of carboxylic acid groups (broad SMARTS) is 1. The summed E-state index contributed by atoms with van der Waals surface area (Å²) in [6.45, 7) is 0. The number of benzene rings is 1. The molecule has 0 radical (unpaired) electrons. The Morgan fingerprint density at radius 1 is 1.24 bits per heavy atom. The Morgan fingerprint density at radius 3 is 2.48 bits per heavy atom. The summed E-state index contributed by atoms with van der Waals surface area (Å²) in [5.74, 6) is -1.17. The van der Waals surface area contributed by atoms with Crippen molar-refractivity contribution in [2.24, 2.45) is 0 Å². The lowest BCUT2D eigenvalue weighted by atomic mass is 10.2. The molecule has 1 aromatic heterocycles. The SMILES string of the molecule is COc1ccc(/C=C(/NC(=O)c2ccco2)C(=O)O)cc1. The highest BCUT2D eigenvalue weighted by molar-refractivity contribution is 6.01. The molecule has 21 heavy (non-hydrogen) atoms. The molecule has 6 nitrogen and oxygen atoms in total. The fraction of sp³-hybridized carbons (Fsp3) is 0.0667. The summed E-state index contributed by atoms with van der Waals surface area (Å²) in [5.41, 5.74) is 0.370. The average Bonchev–Trinajstić information content (AvgIpc) is 3.01. The van der Waals surface area contributed by atoms with Gasteiger partial charge in [-0.25, -0.2) is 4.79 Å². The number of carbonyl (C=O) groups excluding carboxylic acids is 1. The molecule has 0 unspecified atom stereocenters. The van der Waals surface area contributed by atoms with Crippen molar-refractivity contribution in [3.05, 3.63) is 59.7 Å². The van der Waals surface area contributed by atoms with Crippen molar-refractivity contribution in [3.63, 3.8) is 0 Å². The van der Waals surface area contributed by atoms with Crippen LogP contribution in [0.25, 0.3) is 6.08 Å². The number of furan rings is 1. The quantitative estimate of drug-likeness (QED) is 0.822. The van der Waals surface area contributed by atoms with Crippen LogP contribution in [0.1, 0.15) is 16.1 Å². The van der Waals surface area contributed by atoms with Crippen molar-refractivity contribution in [2.75, 3.05) is 7.11 Å². The number of ether oxygens (including phenoxy) is 1. The third kappa shape index (κ3) is 3.73. The Balaban J connectivity index is 2.19. The smallest absolute Gasteiger partial charge is 0.352 e. The maximum absolute atomic E-state index is 11.8. The van der Waals surface area contributed by atoms with Gasteiger partial charge in [0.05, 0.1) is 13.4 Å². The van der Waals surface area contributed by atoms with E-state index in [0.717, 1.165) is 0 Å². The zero-order valence-corrected chi connectivity index (χ0v) is 11.2. The van der Waals surface area contributed by atoms with Crippen LogP contribution in [0.15, 0.2) is 52.8 Å². The molecule has 0 aliphatic rings. The number of carbonyl (C=O) groups is 2. The highest BCUT2D eigenvalue weighted by Gasteiger charge is 2.15. The minimum absolute atomic E-state index is 0.0388. The van der Waals surface area contributed by atoms with Gasteiger partial charge >= 0.3 is 5.97 Å². The maximum Gasteiger partial charge on any atom is 0.352 e. The normalized spacial score (nSPS) is 11.0. The van der Waals surface area contributed by atoms with Crippen molar-refractivity contribution in [1.29, 1.82) is 0 Å². The second kappa shape index (κ2) is 6.42. The number of aliphatic carboxylic acids is 1. The van der Waals surface area contributed by atoms with E-state index in [-0.39, 0.29) is 11.5 Å². The first-order valence-corrected chi connectivity index (χ1v) is 6.04. The van der Waals surface area contributed by atoms with E-state index in [1.54, 1.807) is 30.3 Å². The molecule has 1 heterocycles. The van der Waals surface area contributed by atoms with E-state index < -0.39 is 11.9 Å². The van der Waals surface area contributed by atoms with Crippen LogP contribution in [0.2, 0.25) is 0 Å². The van der Waals surface area contributed by atoms with Crippen LogP contribution in [0.3, 0.4) is 0 Å². The first-order valence-electron chi connectivity index (χ1n) is 6.04. The van der Waals surface area contributed by atoms with Crippen molar-refractivity contribution in [2.45, 2.75) is 0 Å². The van der Waals surface area contributed by atoms with Gasteiger partial charge in [-0.05, 0) is 35.9 Å². The molecule has 2 rings (SSSR count). The summed E-state index contributed by atoms with van der Waals surface area (Å²) in [4.78, 5) is 23.0. The minimum atomic E-state index is -1.24. The summed E-state index contributed by atoms with van der Waals surface area (Å²) in [7, 11) is 1.54. The number of rotatable bonds is 5. The lowest BCUT2D eigenvalue weighted by Gasteiger charge is -2.05. The van der Waals surface area contributed by atoms with Crippen LogP contribution in [0.4, 0.5) is 0 Å². The molecule has 2 aromatic rings. The number of amides is 1. The fourth-order valence-corrected chi connectivity index (χ4v) is 1.61. The first kappa shape index (κ1) is 14.4. The van der Waals surface area contributed by atoms with E-state index in [0.29, 0.717) is 11.3 Å². The molecule has 108 valence electrons. The molecule has 6 heteroatoms. The van der Waals surface area contributed by atoms with Gasteiger partial charge in [0.25, 0.3) is 5.91 Å². The van der Waals surface area contributed by atoms with Gasteiger partial charge in [-0.1, -0.05) is 12.1 Å². The Morgan fingerprint density at radius 2 is 1.95 bits per heavy atom. The molecule has 0 saturated heterocycles. The summed E-state index contributed by atoms with van der Waals surface area (Å²) in [6.07, 6.45) is 2.69. The summed E-state index contributed by atoms with van der Waals surface area (Å²) in [5, 5.41) is 11.4. The Labute approximate surface area is 120 Å². The molecule has 0 aliphatic carbocycles. The second-order valence-electron chi connectivity index (χ2n) is 4.07. The third-order valence-corrected chi connectivity index (χ3v) is 2.65. The largest absolute Gasteiger partial charge is 0.497 e. The molecular weight excluding hydrogens is 274 g/mol. The van der Waals surface area contributed by atoms with E-state index in [9.17, 15) is 9.59 Å². The van der Waals surface area contributed by atoms with E-state index in [4.69, 9.17) is 14.3 Å². The molecule has 1 aromatic carbocycles. The minimum Gasteiger partial charge on any atom is -0.497 e. The Bertz CT molecular complexity index is 656. The lowest BCUT2D eigenvalue weighted by molar-refractivity contribution is -0.132. The topological polar surface area (TPSA) is 88.8 Å². The highest BCUT2D eigenvalue weighted by atomic mass is 16.5. The standard InChI is InChI=1S/C15H13NO5/c1-20-11-6-4-10(5-7-11)9-12(15(18)19)16-14(17)13-3-2-8-21-13/h2-9H,1H3,(H,16,17)(H,18,19)/b12-9+. The van der Waals surface area contributed by atoms with Crippen molar-refractivity contribution >= 4 is 18.0 Å². The maximum atomic E-state index is 11.8. The Kier molecular flexibility index (Phi) is 4.40. The van der Waals surface area contributed by atoms with E-state index in [2.05, 4.69) is 5.32 Å². The monoisotopic (exact) mass is 287 g/mol. The molecule has 0 spiro atoms. The van der Waals surface area contributed by atoms with Crippen LogP contribution < -0.4 is 10.1 Å². The molecule has 2 N–H and O–H groups in total. The zero-order valence-electron chi connectivity index (χ0n) is 11.2. The molecule has 1 amide bonds. The summed E-state index contributed by atoms with van der Waals surface area (Å²) < 4.78 is 9.92. The molecular formula is C15H13NO5. The summed E-state index contributed by atoms with van der Waals surface area (Å²) in [6, 6.07) is 9.74. The van der Waals surface area contributed by atoms with Gasteiger partial charge in [0.1, 0.15) is 11.4 Å². The summed E-state index contributed by atoms with van der Waals surface area (Å²) >= 11 is 0. The zero-order chi connectivity index (χ0) is 15.2. The molecule has 0 saturated carbocycles. The van der Waals surface area contributed by atoms with Gasteiger partial charge in [0.2, 0.25) is 0 Å². The van der Waals surface area contributed by atoms with Gasteiger partial charge in [0.15, 0.2) is 5.76 Å². The third-order valence-electron chi connectivity index (χ3n) is 2.65. The van der Waals surface area contributed by atoms with Gasteiger partial charge < -0.3 is 19.6 Å². The number of methoxy groups -OCH3 is 1. The first-order chi connectivity index (χ1) is 10.1. The Hall–Kier alpha value is -3.02. The van der Waals surface area contributed by atoms with Crippen molar-refractivity contribution < 1.29 is 23.8 Å². The van der Waals surface area contributed by atoms with Gasteiger partial charge in [-0.2, -0.15) is 0 Å². The second-order valence-corrected chi connectivity index (χ2v) is 4.07. The van der Waals surface area contributed by atoms with Crippen molar-refractivity contribution in [3.8, 4) is 5.75 Å². The van der Waals surface area contributed by atoms with Crippen LogP contribution in [0.5, 0.6) is 5.75 Å². The van der Waals surface area contributed by atoms with Gasteiger partial charge in [-0.15, -0.1) is 0 Å². The van der Waals surface area contributed by atoms with Gasteiger partial charge in [-0.3, -0.25) is 4.79 Å². The van der Waals surface area contributed by atoms with Crippen LogP contribution in [-0.4, -0.2) is 24.1 Å². The molecule has 0 bridgehead atoms. The molecule has 0 atom stereocenters. The predicted octanol–water partition coefficient (Wildman–Crippen LogP) is 2.14. The molecule has 0 fully saturated rings. The van der Waals surface area contributed by atoms with E-state index in [1.807, 2.05) is 0 Å². The van der Waals surface area contributed by atoms with Gasteiger partial charge in [0, 0.05) is 0 Å². The molecule has 0 aliphatic heterocycles. The lowest BCUT2D eigenvalue weighted by Crippen LogP contribution is -2.26. The van der Waals surface area contributed by atoms with Crippen LogP contribution >= 0.6 is 0 Å². The van der Waals surface area contributed by atoms with E-state index >= 15 is 0 Å². The average molecular weight is 287 g/mol. The predicted molar refractivity (Wildman–Crippen MR) is 74.8 cm³/mol. The van der Waals surface area contributed by atoms with E-state index in [1.165, 1.54) is 25.5 Å². The van der Waals surface area contributed by atoms with Crippen LogP contribution in [-0.2, 0) is 4.79 Å². The van der Waals surface area contributed by atoms with Crippen molar-refractivity contribution in [1.82, 2.24) is 5.32 Å². The number of nitrogens with one attached hydrogen (secondary N) is 1. The number of hydrogen-bond acceptors (Lipinski definition) is 4. The number of hydrogen-bond donors (Lipinski definition) is 2.